The molecule has 0 saturated heterocycles. The molecule has 1 atom stereocenters. The van der Waals surface area contributed by atoms with Crippen molar-refractivity contribution in [2.24, 2.45) is 5.92 Å². The van der Waals surface area contributed by atoms with Crippen molar-refractivity contribution in [3.05, 3.63) is 28.8 Å². The van der Waals surface area contributed by atoms with Crippen LogP contribution in [0.3, 0.4) is 0 Å². The van der Waals surface area contributed by atoms with Crippen LogP contribution >= 0.6 is 11.6 Å². The van der Waals surface area contributed by atoms with Crippen molar-refractivity contribution in [1.29, 1.82) is 0 Å². The third-order valence-electron chi connectivity index (χ3n) is 2.95. The fourth-order valence-electron chi connectivity index (χ4n) is 1.77. The first kappa shape index (κ1) is 16.8. The van der Waals surface area contributed by atoms with Gasteiger partial charge in [-0.05, 0) is 30.5 Å². The van der Waals surface area contributed by atoms with Crippen molar-refractivity contribution in [1.82, 2.24) is 5.32 Å². The number of carbonyl (C=O) groups is 1. The van der Waals surface area contributed by atoms with E-state index in [2.05, 4.69) is 19.2 Å². The molecule has 0 fully saturated rings. The molecule has 1 aromatic carbocycles. The Morgan fingerprint density at radius 1 is 1.40 bits per heavy atom. The third kappa shape index (κ3) is 5.02. The maximum Gasteiger partial charge on any atom is 0.239 e. The van der Waals surface area contributed by atoms with Gasteiger partial charge in [0.25, 0.3) is 0 Å². The molecule has 0 saturated carbocycles. The summed E-state index contributed by atoms with van der Waals surface area (Å²) in [6, 6.07) is 5.36. The van der Waals surface area contributed by atoms with E-state index in [1.165, 1.54) is 0 Å². The fraction of sp³-hybridized carbons (Fsp3) is 0.533. The monoisotopic (exact) mass is 298 g/mol. The van der Waals surface area contributed by atoms with Crippen LogP contribution in [0, 0.1) is 5.92 Å². The van der Waals surface area contributed by atoms with E-state index >= 15 is 0 Å². The zero-order valence-electron chi connectivity index (χ0n) is 12.5. The van der Waals surface area contributed by atoms with Gasteiger partial charge in [0.2, 0.25) is 5.91 Å². The van der Waals surface area contributed by atoms with Crippen LogP contribution < -0.4 is 10.2 Å². The Kier molecular flexibility index (Phi) is 6.30. The van der Waals surface area contributed by atoms with Gasteiger partial charge in [0.15, 0.2) is 0 Å². The van der Waals surface area contributed by atoms with Gasteiger partial charge in [0, 0.05) is 13.6 Å². The Morgan fingerprint density at radius 2 is 2.05 bits per heavy atom. The van der Waals surface area contributed by atoms with Crippen molar-refractivity contribution in [3.63, 3.8) is 0 Å². The molecular formula is C15H23ClN2O2. The maximum absolute atomic E-state index is 11.8. The molecule has 20 heavy (non-hydrogen) atoms. The average Bonchev–Trinajstić information content (AvgIpc) is 2.35. The summed E-state index contributed by atoms with van der Waals surface area (Å²) >= 11 is 6.19. The van der Waals surface area contributed by atoms with Crippen molar-refractivity contribution in [3.8, 4) is 0 Å². The summed E-state index contributed by atoms with van der Waals surface area (Å²) in [5.41, 5.74) is 1.53. The number of rotatable bonds is 6. The van der Waals surface area contributed by atoms with Crippen LogP contribution in [0.1, 0.15) is 32.4 Å². The molecule has 0 radical (unpaired) electrons. The van der Waals surface area contributed by atoms with Crippen LogP contribution in [0.25, 0.3) is 0 Å². The molecule has 2 N–H and O–H groups in total. The standard InChI is InChI=1S/C15H23ClN2O2/c1-10(2)8-17-15(20)9-18(4)14-6-5-12(11(3)19)7-13(14)16/h5-7,10-11,19H,8-9H2,1-4H3,(H,17,20)/t11-/m1/s1. The number of amides is 1. The predicted octanol–water partition coefficient (Wildman–Crippen LogP) is 2.60. The number of hydrogen-bond acceptors (Lipinski definition) is 3. The quantitative estimate of drug-likeness (QED) is 0.849. The molecule has 0 aliphatic carbocycles. The average molecular weight is 299 g/mol. The van der Waals surface area contributed by atoms with Crippen LogP contribution in [0.15, 0.2) is 18.2 Å². The molecule has 5 heteroatoms. The zero-order chi connectivity index (χ0) is 15.3. The largest absolute Gasteiger partial charge is 0.389 e. The van der Waals surface area contributed by atoms with E-state index < -0.39 is 6.10 Å². The Labute approximate surface area is 125 Å². The molecule has 1 rings (SSSR count). The van der Waals surface area contributed by atoms with E-state index in [0.29, 0.717) is 17.5 Å². The molecule has 0 aliphatic rings. The number of benzene rings is 1. The Hall–Kier alpha value is -1.26. The minimum atomic E-state index is -0.554. The second-order valence-corrected chi connectivity index (χ2v) is 5.85. The highest BCUT2D eigenvalue weighted by atomic mass is 35.5. The molecular weight excluding hydrogens is 276 g/mol. The highest BCUT2D eigenvalue weighted by molar-refractivity contribution is 6.33. The minimum absolute atomic E-state index is 0.0307. The van der Waals surface area contributed by atoms with Gasteiger partial charge >= 0.3 is 0 Å². The molecule has 0 aliphatic heterocycles. The normalized spacial score (nSPS) is 12.3. The van der Waals surface area contributed by atoms with Crippen LogP contribution in [-0.4, -0.2) is 31.2 Å². The van der Waals surface area contributed by atoms with Gasteiger partial charge in [-0.3, -0.25) is 4.79 Å². The van der Waals surface area contributed by atoms with Gasteiger partial charge < -0.3 is 15.3 Å². The number of nitrogens with zero attached hydrogens (tertiary/aromatic N) is 1. The summed E-state index contributed by atoms with van der Waals surface area (Å²) in [7, 11) is 1.82. The highest BCUT2D eigenvalue weighted by Crippen LogP contribution is 2.28. The summed E-state index contributed by atoms with van der Waals surface area (Å²) in [5.74, 6) is 0.398. The van der Waals surface area contributed by atoms with E-state index in [9.17, 15) is 9.90 Å². The molecule has 0 heterocycles. The number of aliphatic hydroxyl groups is 1. The smallest absolute Gasteiger partial charge is 0.239 e. The Morgan fingerprint density at radius 3 is 2.55 bits per heavy atom. The first-order valence-electron chi connectivity index (χ1n) is 6.76. The van der Waals surface area contributed by atoms with E-state index in [1.54, 1.807) is 17.9 Å². The van der Waals surface area contributed by atoms with E-state index in [-0.39, 0.29) is 12.5 Å². The van der Waals surface area contributed by atoms with Gasteiger partial charge in [-0.2, -0.15) is 0 Å². The number of likely N-dealkylation sites (N-methyl/N-ethyl adjacent to an activating group) is 1. The molecule has 0 bridgehead atoms. The number of aliphatic hydroxyl groups excluding tert-OH is 1. The maximum atomic E-state index is 11.8. The van der Waals surface area contributed by atoms with E-state index in [4.69, 9.17) is 11.6 Å². The lowest BCUT2D eigenvalue weighted by molar-refractivity contribution is -0.119. The van der Waals surface area contributed by atoms with Crippen molar-refractivity contribution in [2.45, 2.75) is 26.9 Å². The SMILES string of the molecule is CC(C)CNC(=O)CN(C)c1ccc([C@@H](C)O)cc1Cl. The van der Waals surface area contributed by atoms with Crippen molar-refractivity contribution >= 4 is 23.2 Å². The van der Waals surface area contributed by atoms with Crippen molar-refractivity contribution < 1.29 is 9.90 Å². The first-order valence-corrected chi connectivity index (χ1v) is 7.14. The minimum Gasteiger partial charge on any atom is -0.389 e. The predicted molar refractivity (Wildman–Crippen MR) is 83.2 cm³/mol. The molecule has 1 aromatic rings. The summed E-state index contributed by atoms with van der Waals surface area (Å²) in [6.07, 6.45) is -0.554. The number of halogens is 1. The Balaban J connectivity index is 2.68. The molecule has 0 aromatic heterocycles. The second-order valence-electron chi connectivity index (χ2n) is 5.44. The lowest BCUT2D eigenvalue weighted by Crippen LogP contribution is -2.36. The van der Waals surface area contributed by atoms with Gasteiger partial charge in [-0.15, -0.1) is 0 Å². The lowest BCUT2D eigenvalue weighted by atomic mass is 10.1. The molecule has 1 amide bonds. The van der Waals surface area contributed by atoms with Gasteiger partial charge in [-0.1, -0.05) is 31.5 Å². The lowest BCUT2D eigenvalue weighted by Gasteiger charge is -2.21. The van der Waals surface area contributed by atoms with Crippen molar-refractivity contribution in [2.75, 3.05) is 25.0 Å². The highest BCUT2D eigenvalue weighted by Gasteiger charge is 2.12. The topological polar surface area (TPSA) is 52.6 Å². The molecule has 0 spiro atoms. The van der Waals surface area contributed by atoms with E-state index in [0.717, 1.165) is 11.3 Å². The summed E-state index contributed by atoms with van der Waals surface area (Å²) in [6.45, 7) is 6.71. The second kappa shape index (κ2) is 7.50. The summed E-state index contributed by atoms with van der Waals surface area (Å²) < 4.78 is 0. The number of nitrogens with one attached hydrogen (secondary N) is 1. The zero-order valence-corrected chi connectivity index (χ0v) is 13.2. The molecule has 0 unspecified atom stereocenters. The van der Waals surface area contributed by atoms with Gasteiger partial charge in [-0.25, -0.2) is 0 Å². The van der Waals surface area contributed by atoms with Crippen LogP contribution in [0.5, 0.6) is 0 Å². The first-order chi connectivity index (χ1) is 9.31. The number of hydrogen-bond donors (Lipinski definition) is 2. The molecule has 4 nitrogen and oxygen atoms in total. The number of carbonyl (C=O) groups excluding carboxylic acids is 1. The van der Waals surface area contributed by atoms with Crippen LogP contribution in [0.2, 0.25) is 5.02 Å². The van der Waals surface area contributed by atoms with Gasteiger partial charge in [0.05, 0.1) is 23.4 Å². The van der Waals surface area contributed by atoms with Gasteiger partial charge in [0.1, 0.15) is 0 Å². The summed E-state index contributed by atoms with van der Waals surface area (Å²) in [5, 5.41) is 12.9. The Bertz CT molecular complexity index is 461. The summed E-state index contributed by atoms with van der Waals surface area (Å²) in [4.78, 5) is 13.6. The molecule has 112 valence electrons. The fourth-order valence-corrected chi connectivity index (χ4v) is 2.10. The van der Waals surface area contributed by atoms with E-state index in [1.807, 2.05) is 19.2 Å². The van der Waals surface area contributed by atoms with Crippen LogP contribution in [0.4, 0.5) is 5.69 Å². The third-order valence-corrected chi connectivity index (χ3v) is 3.26. The number of anilines is 1. The van der Waals surface area contributed by atoms with Crippen LogP contribution in [-0.2, 0) is 4.79 Å².